The summed E-state index contributed by atoms with van der Waals surface area (Å²) in [4.78, 5) is 11.1. The Labute approximate surface area is 76.8 Å². The van der Waals surface area contributed by atoms with E-state index < -0.39 is 5.97 Å². The molecule has 0 aromatic heterocycles. The molecule has 0 saturated carbocycles. The number of hydrogen-bond acceptors (Lipinski definition) is 3. The molecule has 3 heteroatoms. The van der Waals surface area contributed by atoms with Crippen LogP contribution in [-0.2, 0) is 4.74 Å². The van der Waals surface area contributed by atoms with E-state index in [-0.39, 0.29) is 0 Å². The quantitative estimate of drug-likeness (QED) is 0.552. The number of rotatable bonds is 2. The summed E-state index contributed by atoms with van der Waals surface area (Å²) in [6.45, 7) is 3.59. The highest BCUT2D eigenvalue weighted by atomic mass is 16.5. The molecule has 0 atom stereocenters. The van der Waals surface area contributed by atoms with Gasteiger partial charge in [0, 0.05) is 5.69 Å². The van der Waals surface area contributed by atoms with Gasteiger partial charge in [0.2, 0.25) is 0 Å². The lowest BCUT2D eigenvalue weighted by molar-refractivity contribution is 0.0602. The fourth-order valence-electron chi connectivity index (χ4n) is 1.00. The van der Waals surface area contributed by atoms with Gasteiger partial charge in [-0.15, -0.1) is 0 Å². The van der Waals surface area contributed by atoms with Crippen molar-refractivity contribution < 1.29 is 9.53 Å². The Morgan fingerprint density at radius 2 is 2.31 bits per heavy atom. The van der Waals surface area contributed by atoms with E-state index in [0.717, 1.165) is 5.56 Å². The average molecular weight is 177 g/mol. The number of carbonyl (C=O) groups excluding carboxylic acids is 1. The molecule has 1 aromatic rings. The Kier molecular flexibility index (Phi) is 2.69. The van der Waals surface area contributed by atoms with Crippen molar-refractivity contribution in [1.29, 1.82) is 0 Å². The number of nitrogen functional groups attached to an aromatic ring is 1. The van der Waals surface area contributed by atoms with E-state index in [1.54, 1.807) is 24.3 Å². The van der Waals surface area contributed by atoms with E-state index in [0.29, 0.717) is 11.3 Å². The highest BCUT2D eigenvalue weighted by molar-refractivity contribution is 5.95. The van der Waals surface area contributed by atoms with Gasteiger partial charge in [-0.1, -0.05) is 18.7 Å². The molecule has 0 radical (unpaired) electrons. The molecule has 0 fully saturated rings. The summed E-state index contributed by atoms with van der Waals surface area (Å²) in [7, 11) is 1.32. The van der Waals surface area contributed by atoms with Gasteiger partial charge in [-0.2, -0.15) is 0 Å². The van der Waals surface area contributed by atoms with Crippen LogP contribution in [0.2, 0.25) is 0 Å². The van der Waals surface area contributed by atoms with Gasteiger partial charge in [0.15, 0.2) is 0 Å². The summed E-state index contributed by atoms with van der Waals surface area (Å²) in [6, 6.07) is 5.06. The third-order valence-electron chi connectivity index (χ3n) is 1.72. The number of hydrogen-bond donors (Lipinski definition) is 1. The molecule has 0 spiro atoms. The van der Waals surface area contributed by atoms with Crippen LogP contribution in [0.5, 0.6) is 0 Å². The largest absolute Gasteiger partial charge is 0.465 e. The summed E-state index contributed by atoms with van der Waals surface area (Å²) < 4.78 is 4.55. The van der Waals surface area contributed by atoms with Crippen LogP contribution in [0.1, 0.15) is 15.9 Å². The van der Waals surface area contributed by atoms with Crippen LogP contribution in [0.3, 0.4) is 0 Å². The molecule has 0 bridgehead atoms. The van der Waals surface area contributed by atoms with Crippen molar-refractivity contribution in [3.05, 3.63) is 35.9 Å². The Bertz CT molecular complexity index is 345. The number of carbonyl (C=O) groups is 1. The number of nitrogens with two attached hydrogens (primary N) is 1. The van der Waals surface area contributed by atoms with Crippen LogP contribution >= 0.6 is 0 Å². The molecular formula is C10H11NO2. The maximum absolute atomic E-state index is 11.1. The van der Waals surface area contributed by atoms with Crippen LogP contribution in [0.4, 0.5) is 5.69 Å². The normalized spacial score (nSPS) is 9.31. The van der Waals surface area contributed by atoms with Crippen molar-refractivity contribution in [2.24, 2.45) is 0 Å². The highest BCUT2D eigenvalue weighted by Crippen LogP contribution is 2.15. The first-order valence-corrected chi connectivity index (χ1v) is 3.79. The van der Waals surface area contributed by atoms with Gasteiger partial charge < -0.3 is 10.5 Å². The van der Waals surface area contributed by atoms with Crippen molar-refractivity contribution in [2.45, 2.75) is 0 Å². The topological polar surface area (TPSA) is 52.3 Å². The van der Waals surface area contributed by atoms with Crippen LogP contribution in [0.25, 0.3) is 6.08 Å². The first kappa shape index (κ1) is 9.32. The van der Waals surface area contributed by atoms with Crippen molar-refractivity contribution in [1.82, 2.24) is 0 Å². The highest BCUT2D eigenvalue weighted by Gasteiger charge is 2.08. The summed E-state index contributed by atoms with van der Waals surface area (Å²) in [5.74, 6) is -0.423. The maximum Gasteiger partial charge on any atom is 0.339 e. The average Bonchev–Trinajstić information content (AvgIpc) is 2.16. The zero-order chi connectivity index (χ0) is 9.84. The molecule has 0 amide bonds. The zero-order valence-corrected chi connectivity index (χ0v) is 7.41. The second-order valence-electron chi connectivity index (χ2n) is 2.54. The molecule has 2 N–H and O–H groups in total. The molecule has 0 aliphatic heterocycles. The van der Waals surface area contributed by atoms with Crippen molar-refractivity contribution in [3.63, 3.8) is 0 Å². The molecule has 0 unspecified atom stereocenters. The monoisotopic (exact) mass is 177 g/mol. The Morgan fingerprint density at radius 1 is 1.62 bits per heavy atom. The van der Waals surface area contributed by atoms with Gasteiger partial charge >= 0.3 is 5.97 Å². The molecule has 1 rings (SSSR count). The van der Waals surface area contributed by atoms with E-state index >= 15 is 0 Å². The summed E-state index contributed by atoms with van der Waals surface area (Å²) in [6.07, 6.45) is 1.66. The van der Waals surface area contributed by atoms with E-state index in [1.165, 1.54) is 7.11 Å². The molecule has 1 aromatic carbocycles. The fourth-order valence-corrected chi connectivity index (χ4v) is 1.00. The van der Waals surface area contributed by atoms with E-state index in [1.807, 2.05) is 0 Å². The van der Waals surface area contributed by atoms with Gasteiger partial charge in [-0.3, -0.25) is 0 Å². The first-order valence-electron chi connectivity index (χ1n) is 3.79. The van der Waals surface area contributed by atoms with E-state index in [9.17, 15) is 4.79 Å². The van der Waals surface area contributed by atoms with Gasteiger partial charge in [0.05, 0.1) is 12.7 Å². The number of ether oxygens (including phenoxy) is 1. The summed E-state index contributed by atoms with van der Waals surface area (Å²) in [5, 5.41) is 0. The Balaban J connectivity index is 3.12. The first-order chi connectivity index (χ1) is 6.19. The number of esters is 1. The maximum atomic E-state index is 11.1. The molecule has 0 heterocycles. The SMILES string of the molecule is C=Cc1ccc(C(=O)OC)c(N)c1. The number of benzene rings is 1. The predicted molar refractivity (Wildman–Crippen MR) is 52.3 cm³/mol. The van der Waals surface area contributed by atoms with Crippen molar-refractivity contribution >= 4 is 17.7 Å². The minimum Gasteiger partial charge on any atom is -0.465 e. The smallest absolute Gasteiger partial charge is 0.339 e. The van der Waals surface area contributed by atoms with Crippen LogP contribution in [0.15, 0.2) is 24.8 Å². The minimum absolute atomic E-state index is 0.383. The lowest BCUT2D eigenvalue weighted by Gasteiger charge is -2.03. The fraction of sp³-hybridized carbons (Fsp3) is 0.100. The number of anilines is 1. The van der Waals surface area contributed by atoms with E-state index in [4.69, 9.17) is 5.73 Å². The number of methoxy groups -OCH3 is 1. The summed E-state index contributed by atoms with van der Waals surface area (Å²) >= 11 is 0. The van der Waals surface area contributed by atoms with Crippen LogP contribution < -0.4 is 5.73 Å². The van der Waals surface area contributed by atoms with Gasteiger partial charge in [0.1, 0.15) is 0 Å². The molecule has 68 valence electrons. The second-order valence-corrected chi connectivity index (χ2v) is 2.54. The van der Waals surface area contributed by atoms with E-state index in [2.05, 4.69) is 11.3 Å². The molecule has 13 heavy (non-hydrogen) atoms. The zero-order valence-electron chi connectivity index (χ0n) is 7.41. The van der Waals surface area contributed by atoms with Gasteiger partial charge in [-0.05, 0) is 17.7 Å². The van der Waals surface area contributed by atoms with Gasteiger partial charge in [-0.25, -0.2) is 4.79 Å². The molecule has 0 aliphatic rings. The summed E-state index contributed by atoms with van der Waals surface area (Å²) in [5.41, 5.74) is 7.29. The minimum atomic E-state index is -0.423. The van der Waals surface area contributed by atoms with Gasteiger partial charge in [0.25, 0.3) is 0 Å². The van der Waals surface area contributed by atoms with Crippen LogP contribution in [-0.4, -0.2) is 13.1 Å². The lowest BCUT2D eigenvalue weighted by Crippen LogP contribution is -2.05. The Morgan fingerprint density at radius 3 is 2.77 bits per heavy atom. The Hall–Kier alpha value is -1.77. The van der Waals surface area contributed by atoms with Crippen molar-refractivity contribution in [2.75, 3.05) is 12.8 Å². The second kappa shape index (κ2) is 3.76. The molecular weight excluding hydrogens is 166 g/mol. The molecule has 0 aliphatic carbocycles. The third-order valence-corrected chi connectivity index (χ3v) is 1.72. The lowest BCUT2D eigenvalue weighted by atomic mass is 10.1. The van der Waals surface area contributed by atoms with Crippen LogP contribution in [0, 0.1) is 0 Å². The molecule has 3 nitrogen and oxygen atoms in total. The third kappa shape index (κ3) is 1.87. The molecule has 0 saturated heterocycles. The predicted octanol–water partition coefficient (Wildman–Crippen LogP) is 1.70. The standard InChI is InChI=1S/C10H11NO2/c1-3-7-4-5-8(9(11)6-7)10(12)13-2/h3-6H,1,11H2,2H3. The van der Waals surface area contributed by atoms with Crippen molar-refractivity contribution in [3.8, 4) is 0 Å².